The third kappa shape index (κ3) is 12.3. The minimum atomic E-state index is -0.221. The molecule has 0 atom stereocenters. The normalized spacial score (nSPS) is 11.5. The molecule has 0 unspecified atom stereocenters. The van der Waals surface area contributed by atoms with E-state index in [1.54, 1.807) is 0 Å². The summed E-state index contributed by atoms with van der Waals surface area (Å²) in [5.74, 6) is 0. The minimum absolute atomic E-state index is 0.109. The van der Waals surface area contributed by atoms with Crippen LogP contribution in [0.15, 0.2) is 0 Å². The third-order valence-corrected chi connectivity index (χ3v) is 3.06. The van der Waals surface area contributed by atoms with Gasteiger partial charge in [0.05, 0.1) is 0 Å². The molecule has 0 heterocycles. The molecule has 0 radical (unpaired) electrons. The van der Waals surface area contributed by atoms with Crippen molar-refractivity contribution in [1.29, 1.82) is 0 Å². The zero-order valence-electron chi connectivity index (χ0n) is 15.0. The van der Waals surface area contributed by atoms with Crippen molar-refractivity contribution in [2.24, 2.45) is 0 Å². The molecule has 0 aliphatic heterocycles. The Bertz CT molecular complexity index is 341. The molecule has 0 aromatic carbocycles. The minimum Gasteiger partial charge on any atom is -0.338 e. The zero-order valence-corrected chi connectivity index (χ0v) is 15.0. The van der Waals surface area contributed by atoms with Gasteiger partial charge in [-0.2, -0.15) is 0 Å². The standard InChI is InChI=1S/C16H34N4O2/c1-12(2)18-14(21)17-11-9-7-8-10-16(5,6)20-15(22)19-13(3)4/h12-13H,7-11H2,1-6H3,(H2,17,18,21)(H2,19,20,22). The van der Waals surface area contributed by atoms with Gasteiger partial charge in [-0.05, 0) is 54.4 Å². The van der Waals surface area contributed by atoms with Gasteiger partial charge in [0, 0.05) is 24.2 Å². The Morgan fingerprint density at radius 2 is 1.41 bits per heavy atom. The lowest BCUT2D eigenvalue weighted by Crippen LogP contribution is -2.49. The molecule has 0 saturated carbocycles. The number of urea groups is 2. The quantitative estimate of drug-likeness (QED) is 0.494. The van der Waals surface area contributed by atoms with Crippen LogP contribution in [-0.2, 0) is 0 Å². The van der Waals surface area contributed by atoms with Crippen LogP contribution in [-0.4, -0.2) is 36.2 Å². The molecule has 0 aromatic heterocycles. The molecule has 0 aliphatic rings. The average molecular weight is 314 g/mol. The molecule has 4 amide bonds. The number of carbonyl (C=O) groups excluding carboxylic acids is 2. The predicted molar refractivity (Wildman–Crippen MR) is 91.0 cm³/mol. The molecular formula is C16H34N4O2. The van der Waals surface area contributed by atoms with Gasteiger partial charge in [-0.25, -0.2) is 9.59 Å². The van der Waals surface area contributed by atoms with E-state index >= 15 is 0 Å². The third-order valence-electron chi connectivity index (χ3n) is 3.06. The second-order valence-electron chi connectivity index (χ2n) is 7.00. The Hall–Kier alpha value is -1.46. The van der Waals surface area contributed by atoms with Gasteiger partial charge >= 0.3 is 12.1 Å². The topological polar surface area (TPSA) is 82.3 Å². The Kier molecular flexibility index (Phi) is 9.61. The summed E-state index contributed by atoms with van der Waals surface area (Å²) in [6, 6.07) is 0.0668. The van der Waals surface area contributed by atoms with E-state index in [9.17, 15) is 9.59 Å². The van der Waals surface area contributed by atoms with E-state index in [1.807, 2.05) is 41.5 Å². The maximum atomic E-state index is 11.7. The van der Waals surface area contributed by atoms with Crippen LogP contribution < -0.4 is 21.3 Å². The molecule has 0 bridgehead atoms. The van der Waals surface area contributed by atoms with E-state index in [2.05, 4.69) is 21.3 Å². The summed E-state index contributed by atoms with van der Waals surface area (Å²) in [7, 11) is 0. The summed E-state index contributed by atoms with van der Waals surface area (Å²) in [5, 5.41) is 11.4. The van der Waals surface area contributed by atoms with Gasteiger partial charge in [-0.3, -0.25) is 0 Å². The second kappa shape index (κ2) is 10.3. The first-order valence-corrected chi connectivity index (χ1v) is 8.25. The van der Waals surface area contributed by atoms with Crippen molar-refractivity contribution in [3.63, 3.8) is 0 Å². The SMILES string of the molecule is CC(C)NC(=O)NCCCCCC(C)(C)NC(=O)NC(C)C. The van der Waals surface area contributed by atoms with Crippen LogP contribution in [0, 0.1) is 0 Å². The van der Waals surface area contributed by atoms with Crippen molar-refractivity contribution in [3.8, 4) is 0 Å². The van der Waals surface area contributed by atoms with Crippen molar-refractivity contribution < 1.29 is 9.59 Å². The number of hydrogen-bond donors (Lipinski definition) is 4. The summed E-state index contributed by atoms with van der Waals surface area (Å²) in [6.45, 7) is 12.5. The van der Waals surface area contributed by atoms with E-state index in [1.165, 1.54) is 0 Å². The van der Waals surface area contributed by atoms with Crippen LogP contribution in [0.5, 0.6) is 0 Å². The first kappa shape index (κ1) is 20.5. The molecule has 6 nitrogen and oxygen atoms in total. The van der Waals surface area contributed by atoms with Crippen LogP contribution in [0.4, 0.5) is 9.59 Å². The largest absolute Gasteiger partial charge is 0.338 e. The van der Waals surface area contributed by atoms with Gasteiger partial charge in [0.1, 0.15) is 0 Å². The average Bonchev–Trinajstić information content (AvgIpc) is 2.30. The second-order valence-corrected chi connectivity index (χ2v) is 7.00. The van der Waals surface area contributed by atoms with E-state index in [0.29, 0.717) is 6.54 Å². The highest BCUT2D eigenvalue weighted by Crippen LogP contribution is 2.13. The van der Waals surface area contributed by atoms with Crippen LogP contribution in [0.25, 0.3) is 0 Å². The molecule has 130 valence electrons. The van der Waals surface area contributed by atoms with Crippen LogP contribution in [0.3, 0.4) is 0 Å². The van der Waals surface area contributed by atoms with E-state index in [-0.39, 0.29) is 29.7 Å². The van der Waals surface area contributed by atoms with Gasteiger partial charge in [0.25, 0.3) is 0 Å². The summed E-state index contributed by atoms with van der Waals surface area (Å²) in [5.41, 5.74) is -0.221. The molecule has 0 rings (SSSR count). The highest BCUT2D eigenvalue weighted by molar-refractivity contribution is 5.75. The first-order chi connectivity index (χ1) is 10.1. The number of hydrogen-bond acceptors (Lipinski definition) is 2. The Labute approximate surface area is 135 Å². The number of amides is 4. The number of nitrogens with one attached hydrogen (secondary N) is 4. The van der Waals surface area contributed by atoms with E-state index < -0.39 is 0 Å². The molecule has 22 heavy (non-hydrogen) atoms. The van der Waals surface area contributed by atoms with Crippen molar-refractivity contribution in [2.45, 2.75) is 84.8 Å². The van der Waals surface area contributed by atoms with Crippen molar-refractivity contribution >= 4 is 12.1 Å². The lowest BCUT2D eigenvalue weighted by Gasteiger charge is -2.27. The van der Waals surface area contributed by atoms with Crippen LogP contribution >= 0.6 is 0 Å². The van der Waals surface area contributed by atoms with Crippen molar-refractivity contribution in [2.75, 3.05) is 6.54 Å². The van der Waals surface area contributed by atoms with Gasteiger partial charge in [0.15, 0.2) is 0 Å². The lowest BCUT2D eigenvalue weighted by atomic mass is 9.97. The molecular weight excluding hydrogens is 280 g/mol. The Morgan fingerprint density at radius 3 is 1.95 bits per heavy atom. The highest BCUT2D eigenvalue weighted by atomic mass is 16.2. The van der Waals surface area contributed by atoms with Gasteiger partial charge in [-0.1, -0.05) is 12.8 Å². The van der Waals surface area contributed by atoms with Gasteiger partial charge in [-0.15, -0.1) is 0 Å². The fourth-order valence-electron chi connectivity index (χ4n) is 2.05. The van der Waals surface area contributed by atoms with Gasteiger partial charge < -0.3 is 21.3 Å². The van der Waals surface area contributed by atoms with Crippen molar-refractivity contribution in [3.05, 3.63) is 0 Å². The zero-order chi connectivity index (χ0) is 17.2. The molecule has 6 heteroatoms. The van der Waals surface area contributed by atoms with E-state index in [0.717, 1.165) is 25.7 Å². The molecule has 0 spiro atoms. The first-order valence-electron chi connectivity index (χ1n) is 8.25. The number of carbonyl (C=O) groups is 2. The predicted octanol–water partition coefficient (Wildman–Crippen LogP) is 2.74. The summed E-state index contributed by atoms with van der Waals surface area (Å²) >= 11 is 0. The van der Waals surface area contributed by atoms with Crippen molar-refractivity contribution in [1.82, 2.24) is 21.3 Å². The van der Waals surface area contributed by atoms with Gasteiger partial charge in [0.2, 0.25) is 0 Å². The van der Waals surface area contributed by atoms with Crippen LogP contribution in [0.2, 0.25) is 0 Å². The highest BCUT2D eigenvalue weighted by Gasteiger charge is 2.19. The fraction of sp³-hybridized carbons (Fsp3) is 0.875. The lowest BCUT2D eigenvalue weighted by molar-refractivity contribution is 0.224. The van der Waals surface area contributed by atoms with Crippen LogP contribution in [0.1, 0.15) is 67.2 Å². The maximum Gasteiger partial charge on any atom is 0.315 e. The number of unbranched alkanes of at least 4 members (excludes halogenated alkanes) is 2. The molecule has 0 saturated heterocycles. The summed E-state index contributed by atoms with van der Waals surface area (Å²) in [4.78, 5) is 23.1. The summed E-state index contributed by atoms with van der Waals surface area (Å²) in [6.07, 6.45) is 3.90. The molecule has 0 aromatic rings. The Morgan fingerprint density at radius 1 is 0.864 bits per heavy atom. The molecule has 0 fully saturated rings. The fourth-order valence-corrected chi connectivity index (χ4v) is 2.05. The molecule has 4 N–H and O–H groups in total. The Balaban J connectivity index is 3.72. The van der Waals surface area contributed by atoms with E-state index in [4.69, 9.17) is 0 Å². The summed E-state index contributed by atoms with van der Waals surface area (Å²) < 4.78 is 0. The molecule has 0 aliphatic carbocycles. The smallest absolute Gasteiger partial charge is 0.315 e. The maximum absolute atomic E-state index is 11.7. The monoisotopic (exact) mass is 314 g/mol. The number of rotatable bonds is 9.